The second kappa shape index (κ2) is 37.1. The van der Waals surface area contributed by atoms with Crippen LogP contribution in [0.2, 0.25) is 0 Å². The third-order valence-corrected chi connectivity index (χ3v) is 27.1. The van der Waals surface area contributed by atoms with E-state index in [-0.39, 0.29) is 104 Å². The van der Waals surface area contributed by atoms with Crippen LogP contribution < -0.4 is 27.6 Å². The van der Waals surface area contributed by atoms with Gasteiger partial charge in [-0.15, -0.1) is 0 Å². The molecule has 5 amide bonds. The molecule has 26 nitrogen and oxygen atoms in total. The zero-order valence-corrected chi connectivity index (χ0v) is 72.9. The van der Waals surface area contributed by atoms with E-state index in [9.17, 15) is 65.1 Å². The summed E-state index contributed by atoms with van der Waals surface area (Å²) in [4.78, 5) is 122. The van der Waals surface area contributed by atoms with Gasteiger partial charge in [0.25, 0.3) is 45.9 Å². The first kappa shape index (κ1) is 88.1. The summed E-state index contributed by atoms with van der Waals surface area (Å²) in [5, 5.41) is 39.7. The van der Waals surface area contributed by atoms with Gasteiger partial charge in [0, 0.05) is 150 Å². The number of carbonyl (C=O) groups excluding carboxylic acids is 5. The Bertz CT molecular complexity index is 6820. The molecule has 8 aromatic carbocycles. The number of nitrogens with zero attached hydrogens (tertiary/aromatic N) is 11. The van der Waals surface area contributed by atoms with E-state index in [1.165, 1.54) is 24.3 Å². The van der Waals surface area contributed by atoms with Gasteiger partial charge in [0.05, 0.1) is 85.4 Å². The lowest BCUT2D eigenvalue weighted by Gasteiger charge is -2.22. The number of likely N-dealkylation sites (tertiary alicyclic amines) is 4. The number of halogens is 5. The minimum atomic E-state index is -1.16. The first-order valence-corrected chi connectivity index (χ1v) is 44.6. The average molecular weight is 1780 g/mol. The highest BCUT2D eigenvalue weighted by atomic mass is 19.1. The Morgan fingerprint density at radius 2 is 0.771 bits per heavy atom. The monoisotopic (exact) mass is 1780 g/mol. The molecule has 3 aliphatic carbocycles. The van der Waals surface area contributed by atoms with Crippen molar-refractivity contribution in [1.82, 2.24) is 80.4 Å². The first-order chi connectivity index (χ1) is 63.2. The standard InChI is InChI=1S/C27H27FN4O3.C25H27FN4O3.C24H23F2N3O2.C24H22FN5O2/c28-23-8-5-15(10-24-20-3-1-2-4-21(20)26(34)31-30-24)9-22(23)27(35)32-13-17-11-19(12-18(17)14-32)29-25(33)16-6-7-16;1-33-9-8-29-12-17-14-30(15-18(17)13-29)25(32)21-10-16(6-7-22(21)26)11-23-19-4-2-3-5-20(19)24(31)28-27-23;1-24(26)10-15-12-29(13-16(15)11-24)23(31)19-8-14(6-7-20(19)25)9-21-17-4-2-3-5-18(17)22(30)28-27-21;1-14(2)30-12-16-11-29(13-22(16)28-30)24(32)19-9-15(7-8-20(19)25)10-21-17-5-3-4-6-18(17)23(31)27-26-21/h1-5,8-9,16-19H,6-7,10-14H2,(H,29,33)(H,31,34);2-7,10,17-18H,8-9,11-15H2,1H3,(H,28,31);2-8,15-16H,9-13H2,1H3,(H,28,30);3-9,12,14H,10-11,13H2,1-2H3,(H,27,31)/t17-,18+,19?;;15-,16+,24?;. The molecule has 3 saturated carbocycles. The molecule has 5 aliphatic heterocycles. The molecule has 7 fully saturated rings. The van der Waals surface area contributed by atoms with E-state index in [1.807, 2.05) is 73.3 Å². The third-order valence-electron chi connectivity index (χ3n) is 27.1. The first-order valence-electron chi connectivity index (χ1n) is 44.6. The quantitative estimate of drug-likeness (QED) is 0.0498. The van der Waals surface area contributed by atoms with Crippen LogP contribution in [0.25, 0.3) is 43.1 Å². The van der Waals surface area contributed by atoms with Crippen molar-refractivity contribution in [3.8, 4) is 0 Å². The number of methoxy groups -OCH3 is 1. The lowest BCUT2D eigenvalue weighted by molar-refractivity contribution is -0.123. The molecule has 13 aromatic rings. The highest BCUT2D eigenvalue weighted by Gasteiger charge is 2.49. The molecule has 21 rings (SSSR count). The predicted molar refractivity (Wildman–Crippen MR) is 482 cm³/mol. The average Bonchev–Trinajstić information content (AvgIpc) is 1.69. The summed E-state index contributed by atoms with van der Waals surface area (Å²) in [5.41, 5.74) is 5.52. The van der Waals surface area contributed by atoms with Crippen LogP contribution >= 0.6 is 0 Å². The van der Waals surface area contributed by atoms with Crippen LogP contribution in [0.3, 0.4) is 0 Å². The molecule has 4 saturated heterocycles. The molecule has 8 atom stereocenters. The van der Waals surface area contributed by atoms with Gasteiger partial charge in [0.1, 0.15) is 28.9 Å². The number of carbonyl (C=O) groups is 5. The predicted octanol–water partition coefficient (Wildman–Crippen LogP) is 12.8. The molecule has 0 bridgehead atoms. The van der Waals surface area contributed by atoms with Crippen LogP contribution in [-0.4, -0.2) is 189 Å². The van der Waals surface area contributed by atoms with Crippen LogP contribution in [-0.2, 0) is 48.3 Å². The molecular formula is C100H99F5N16O10. The number of nitrogens with one attached hydrogen (secondary N) is 5. The van der Waals surface area contributed by atoms with Gasteiger partial charge < -0.3 is 34.6 Å². The SMILES string of the molecule is CC(C)n1cc2c(n1)CN(C(=O)c1cc(Cc3n[nH]c(=O)c4ccccc34)ccc1F)C2.CC1(F)C[C@H]2CN(C(=O)c3cc(Cc4n[nH]c(=O)c5ccccc45)ccc3F)C[C@H]2C1.COCCN1CC2CN(C(=O)c3cc(Cc4n[nH]c(=O)c5ccccc45)ccc3F)CC2C1.O=C(NC1C[C@@H]2CN(C(=O)c3cc(Cc4n[nH]c(=O)c5ccccc45)ccc3F)C[C@@H]2C1)C1CC1. The van der Waals surface area contributed by atoms with E-state index >= 15 is 0 Å². The van der Waals surface area contributed by atoms with Gasteiger partial charge in [-0.2, -0.15) is 25.5 Å². The molecule has 0 spiro atoms. The summed E-state index contributed by atoms with van der Waals surface area (Å²) in [6.07, 6.45) is 8.06. The lowest BCUT2D eigenvalue weighted by Crippen LogP contribution is -2.36. The number of rotatable bonds is 18. The molecule has 0 radical (unpaired) electrons. The van der Waals surface area contributed by atoms with Gasteiger partial charge >= 0.3 is 0 Å². The molecule has 131 heavy (non-hydrogen) atoms. The molecule has 8 aliphatic rings. The van der Waals surface area contributed by atoms with Gasteiger partial charge in [0.15, 0.2) is 0 Å². The Morgan fingerprint density at radius 3 is 1.10 bits per heavy atom. The Labute approximate surface area is 749 Å². The van der Waals surface area contributed by atoms with E-state index in [0.717, 1.165) is 100 Å². The van der Waals surface area contributed by atoms with E-state index in [1.54, 1.807) is 131 Å². The number of H-pyrrole nitrogens is 4. The van der Waals surface area contributed by atoms with E-state index in [4.69, 9.17) is 4.74 Å². The second-order valence-corrected chi connectivity index (χ2v) is 36.7. The van der Waals surface area contributed by atoms with Crippen LogP contribution in [0.15, 0.2) is 195 Å². The fourth-order valence-corrected chi connectivity index (χ4v) is 20.3. The maximum atomic E-state index is 14.7. The number of hydrogen-bond donors (Lipinski definition) is 5. The van der Waals surface area contributed by atoms with Crippen molar-refractivity contribution in [2.45, 2.75) is 116 Å². The van der Waals surface area contributed by atoms with Gasteiger partial charge in [-0.1, -0.05) is 97.1 Å². The highest BCUT2D eigenvalue weighted by molar-refractivity contribution is 5.98. The molecule has 674 valence electrons. The number of hydrogen-bond acceptors (Lipinski definition) is 16. The Balaban J connectivity index is 0.000000117. The van der Waals surface area contributed by atoms with Crippen molar-refractivity contribution in [3.05, 3.63) is 319 Å². The van der Waals surface area contributed by atoms with Crippen LogP contribution in [0.1, 0.15) is 163 Å². The van der Waals surface area contributed by atoms with Crippen LogP contribution in [0.5, 0.6) is 0 Å². The fourth-order valence-electron chi connectivity index (χ4n) is 20.3. The van der Waals surface area contributed by atoms with Crippen molar-refractivity contribution in [2.75, 3.05) is 72.6 Å². The zero-order chi connectivity index (χ0) is 91.2. The summed E-state index contributed by atoms with van der Waals surface area (Å²) in [5.74, 6) is -1.26. The number of aromatic amines is 4. The van der Waals surface area contributed by atoms with Crippen molar-refractivity contribution < 1.29 is 50.7 Å². The number of ether oxygens (including phenoxy) is 1. The maximum absolute atomic E-state index is 14.7. The number of aromatic nitrogens is 10. The number of benzene rings is 8. The third kappa shape index (κ3) is 19.0. The Morgan fingerprint density at radius 1 is 0.443 bits per heavy atom. The van der Waals surface area contributed by atoms with E-state index in [0.29, 0.717) is 165 Å². The Kier molecular flexibility index (Phi) is 25.0. The summed E-state index contributed by atoms with van der Waals surface area (Å²) in [6.45, 7) is 13.4. The summed E-state index contributed by atoms with van der Waals surface area (Å²) >= 11 is 0. The summed E-state index contributed by atoms with van der Waals surface area (Å²) < 4.78 is 79.9. The lowest BCUT2D eigenvalue weighted by atomic mass is 10.0. The maximum Gasteiger partial charge on any atom is 0.272 e. The largest absolute Gasteiger partial charge is 0.383 e. The van der Waals surface area contributed by atoms with Gasteiger partial charge in [0.2, 0.25) is 5.91 Å². The molecule has 4 unspecified atom stereocenters. The van der Waals surface area contributed by atoms with Crippen molar-refractivity contribution in [1.29, 1.82) is 0 Å². The van der Waals surface area contributed by atoms with Crippen LogP contribution in [0.4, 0.5) is 22.0 Å². The van der Waals surface area contributed by atoms with Gasteiger partial charge in [-0.3, -0.25) is 47.8 Å². The van der Waals surface area contributed by atoms with Gasteiger partial charge in [-0.25, -0.2) is 42.3 Å². The summed E-state index contributed by atoms with van der Waals surface area (Å²) in [6, 6.07) is 47.5. The molecular weight excluding hydrogens is 1680 g/mol. The summed E-state index contributed by atoms with van der Waals surface area (Å²) in [7, 11) is 1.70. The Hall–Kier alpha value is -13.6. The van der Waals surface area contributed by atoms with Crippen molar-refractivity contribution >= 4 is 72.6 Å². The van der Waals surface area contributed by atoms with Crippen molar-refractivity contribution in [2.24, 2.45) is 41.4 Å². The normalized spacial score (nSPS) is 20.6. The van der Waals surface area contributed by atoms with Crippen LogP contribution in [0, 0.1) is 64.7 Å². The molecule has 5 N–H and O–H groups in total. The number of amides is 5. The highest BCUT2D eigenvalue weighted by Crippen LogP contribution is 2.47. The molecule has 10 heterocycles. The van der Waals surface area contributed by atoms with Crippen molar-refractivity contribution in [3.63, 3.8) is 0 Å². The number of alkyl halides is 1. The van der Waals surface area contributed by atoms with E-state index in [2.05, 4.69) is 56.1 Å². The molecule has 31 heteroatoms. The molecule has 5 aromatic heterocycles. The minimum Gasteiger partial charge on any atom is -0.383 e. The zero-order valence-electron chi connectivity index (χ0n) is 72.9. The smallest absolute Gasteiger partial charge is 0.272 e. The van der Waals surface area contributed by atoms with E-state index < -0.39 is 28.9 Å². The number of fused-ring (bicyclic) bond motifs is 8. The van der Waals surface area contributed by atoms with Gasteiger partial charge in [-0.05, 0) is 190 Å². The topological polar surface area (TPSA) is 324 Å². The fraction of sp³-hybridized carbons (Fsp3) is 0.360. The second-order valence-electron chi connectivity index (χ2n) is 36.7. The minimum absolute atomic E-state index is 0.0224.